The van der Waals surface area contributed by atoms with E-state index in [9.17, 15) is 9.59 Å². The van der Waals surface area contributed by atoms with Gasteiger partial charge in [-0.2, -0.15) is 0 Å². The summed E-state index contributed by atoms with van der Waals surface area (Å²) < 4.78 is 0. The zero-order valence-electron chi connectivity index (χ0n) is 14.3. The minimum Gasteiger partial charge on any atom is -0.350 e. The van der Waals surface area contributed by atoms with Gasteiger partial charge in [0.05, 0.1) is 0 Å². The Morgan fingerprint density at radius 3 is 2.60 bits per heavy atom. The molecule has 1 saturated heterocycles. The summed E-state index contributed by atoms with van der Waals surface area (Å²) in [5.74, 6) is -0.271. The predicted octanol–water partition coefficient (Wildman–Crippen LogP) is 3.34. The van der Waals surface area contributed by atoms with E-state index < -0.39 is 6.04 Å². The van der Waals surface area contributed by atoms with Crippen LogP contribution in [0.5, 0.6) is 0 Å². The second-order valence-corrected chi connectivity index (χ2v) is 7.87. The van der Waals surface area contributed by atoms with E-state index in [0.717, 1.165) is 36.8 Å². The Labute approximate surface area is 151 Å². The number of H-pyrrole nitrogens is 1. The lowest BCUT2D eigenvalue weighted by Crippen LogP contribution is -2.49. The quantitative estimate of drug-likeness (QED) is 0.882. The van der Waals surface area contributed by atoms with Gasteiger partial charge in [0.1, 0.15) is 11.7 Å². The number of fused-ring (bicyclic) bond motifs is 1. The van der Waals surface area contributed by atoms with E-state index in [1.54, 1.807) is 25.1 Å². The minimum atomic E-state index is -0.532. The van der Waals surface area contributed by atoms with Gasteiger partial charge in [-0.05, 0) is 56.2 Å². The summed E-state index contributed by atoms with van der Waals surface area (Å²) in [5.41, 5.74) is 1.78. The van der Waals surface area contributed by atoms with Crippen molar-refractivity contribution in [3.05, 3.63) is 35.0 Å². The van der Waals surface area contributed by atoms with Crippen LogP contribution in [0.3, 0.4) is 0 Å². The molecule has 2 aromatic rings. The summed E-state index contributed by atoms with van der Waals surface area (Å²) in [4.78, 5) is 30.0. The third kappa shape index (κ3) is 3.25. The molecule has 5 nitrogen and oxygen atoms in total. The smallest absolute Gasteiger partial charge is 0.268 e. The molecule has 1 spiro atoms. The zero-order valence-corrected chi connectivity index (χ0v) is 15.0. The second kappa shape index (κ2) is 6.06. The summed E-state index contributed by atoms with van der Waals surface area (Å²) in [6, 6.07) is 6.67. The first kappa shape index (κ1) is 16.5. The van der Waals surface area contributed by atoms with Gasteiger partial charge in [-0.1, -0.05) is 17.7 Å². The fourth-order valence-corrected chi connectivity index (χ4v) is 3.88. The summed E-state index contributed by atoms with van der Waals surface area (Å²) in [7, 11) is 0. The van der Waals surface area contributed by atoms with Gasteiger partial charge in [0.25, 0.3) is 5.91 Å². The molecule has 2 fully saturated rings. The number of nitrogens with zero attached hydrogens (tertiary/aromatic N) is 1. The van der Waals surface area contributed by atoms with Crippen LogP contribution in [0, 0.1) is 5.41 Å². The number of hydrogen-bond donors (Lipinski definition) is 2. The number of hydrogen-bond acceptors (Lipinski definition) is 2. The number of rotatable bonds is 3. The van der Waals surface area contributed by atoms with E-state index in [1.807, 2.05) is 11.0 Å². The Morgan fingerprint density at radius 1 is 1.20 bits per heavy atom. The van der Waals surface area contributed by atoms with E-state index in [2.05, 4.69) is 10.3 Å². The lowest BCUT2D eigenvalue weighted by atomic mass is 9.93. The molecular formula is C19H22ClN3O2. The highest BCUT2D eigenvalue weighted by Crippen LogP contribution is 2.53. The van der Waals surface area contributed by atoms with Crippen LogP contribution in [0.25, 0.3) is 10.9 Å². The molecule has 1 aromatic carbocycles. The molecule has 1 atom stereocenters. The van der Waals surface area contributed by atoms with Crippen molar-refractivity contribution in [3.8, 4) is 0 Å². The van der Waals surface area contributed by atoms with Gasteiger partial charge < -0.3 is 15.2 Å². The van der Waals surface area contributed by atoms with Crippen molar-refractivity contribution >= 4 is 34.3 Å². The summed E-state index contributed by atoms with van der Waals surface area (Å²) in [6.07, 6.45) is 4.82. The molecule has 132 valence electrons. The van der Waals surface area contributed by atoms with E-state index in [0.29, 0.717) is 16.1 Å². The van der Waals surface area contributed by atoms with Gasteiger partial charge >= 0.3 is 0 Å². The molecule has 1 saturated carbocycles. The molecule has 0 bridgehead atoms. The van der Waals surface area contributed by atoms with Crippen LogP contribution >= 0.6 is 11.6 Å². The number of aromatic amines is 1. The fourth-order valence-electron chi connectivity index (χ4n) is 3.71. The molecule has 2 heterocycles. The third-order valence-corrected chi connectivity index (χ3v) is 5.88. The monoisotopic (exact) mass is 359 g/mol. The second-order valence-electron chi connectivity index (χ2n) is 7.44. The SMILES string of the molecule is C[C@H](NC(=O)c1cc2ccc(Cl)cc2[nH]1)C(=O)N1CCC2(CC1)CC2. The Morgan fingerprint density at radius 2 is 1.92 bits per heavy atom. The molecule has 2 amide bonds. The zero-order chi connectivity index (χ0) is 17.6. The van der Waals surface area contributed by atoms with Crippen molar-refractivity contribution in [1.82, 2.24) is 15.2 Å². The number of carbonyl (C=O) groups excluding carboxylic acids is 2. The van der Waals surface area contributed by atoms with Crippen molar-refractivity contribution < 1.29 is 9.59 Å². The van der Waals surface area contributed by atoms with E-state index in [4.69, 9.17) is 11.6 Å². The average molecular weight is 360 g/mol. The lowest BCUT2D eigenvalue weighted by molar-refractivity contribution is -0.134. The van der Waals surface area contributed by atoms with Gasteiger partial charge in [0.15, 0.2) is 0 Å². The van der Waals surface area contributed by atoms with Crippen molar-refractivity contribution in [2.45, 2.75) is 38.6 Å². The number of carbonyl (C=O) groups is 2. The average Bonchev–Trinajstić information content (AvgIpc) is 3.21. The van der Waals surface area contributed by atoms with Crippen LogP contribution in [-0.4, -0.2) is 40.8 Å². The van der Waals surface area contributed by atoms with Gasteiger partial charge in [-0.25, -0.2) is 0 Å². The van der Waals surface area contributed by atoms with Gasteiger partial charge in [0, 0.05) is 29.0 Å². The summed E-state index contributed by atoms with van der Waals surface area (Å²) >= 11 is 5.97. The molecule has 1 aliphatic carbocycles. The fraction of sp³-hybridized carbons (Fsp3) is 0.474. The van der Waals surface area contributed by atoms with E-state index in [-0.39, 0.29) is 11.8 Å². The van der Waals surface area contributed by atoms with Crippen molar-refractivity contribution in [1.29, 1.82) is 0 Å². The van der Waals surface area contributed by atoms with Gasteiger partial charge in [-0.3, -0.25) is 9.59 Å². The topological polar surface area (TPSA) is 65.2 Å². The maximum atomic E-state index is 12.6. The van der Waals surface area contributed by atoms with E-state index in [1.165, 1.54) is 12.8 Å². The highest BCUT2D eigenvalue weighted by molar-refractivity contribution is 6.31. The Balaban J connectivity index is 1.39. The number of halogens is 1. The van der Waals surface area contributed by atoms with Crippen molar-refractivity contribution in [3.63, 3.8) is 0 Å². The van der Waals surface area contributed by atoms with Crippen molar-refractivity contribution in [2.75, 3.05) is 13.1 Å². The Bertz CT molecular complexity index is 830. The first-order valence-corrected chi connectivity index (χ1v) is 9.22. The number of amides is 2. The molecule has 6 heteroatoms. The van der Waals surface area contributed by atoms with E-state index >= 15 is 0 Å². The first-order valence-electron chi connectivity index (χ1n) is 8.84. The molecule has 0 radical (unpaired) electrons. The summed E-state index contributed by atoms with van der Waals surface area (Å²) in [5, 5.41) is 4.34. The van der Waals surface area contributed by atoms with Crippen LogP contribution in [0.1, 0.15) is 43.1 Å². The van der Waals surface area contributed by atoms with Crippen LogP contribution in [-0.2, 0) is 4.79 Å². The molecule has 4 rings (SSSR count). The van der Waals surface area contributed by atoms with Crippen LogP contribution in [0.15, 0.2) is 24.3 Å². The summed E-state index contributed by atoms with van der Waals surface area (Å²) in [6.45, 7) is 3.37. The Kier molecular flexibility index (Phi) is 3.99. The van der Waals surface area contributed by atoms with Crippen LogP contribution in [0.4, 0.5) is 0 Å². The molecule has 1 aromatic heterocycles. The van der Waals surface area contributed by atoms with Crippen LogP contribution < -0.4 is 5.32 Å². The molecule has 0 unspecified atom stereocenters. The van der Waals surface area contributed by atoms with Gasteiger partial charge in [0.2, 0.25) is 5.91 Å². The normalized spacial score (nSPS) is 19.8. The molecule has 2 aliphatic rings. The molecule has 1 aliphatic heterocycles. The first-order chi connectivity index (χ1) is 12.0. The standard InChI is InChI=1S/C19H22ClN3O2/c1-12(18(25)23-8-6-19(4-5-19)7-9-23)21-17(24)16-10-13-2-3-14(20)11-15(13)22-16/h2-3,10-12,22H,4-9H2,1H3,(H,21,24)/t12-/m0/s1. The van der Waals surface area contributed by atoms with Crippen LogP contribution in [0.2, 0.25) is 5.02 Å². The molecule has 25 heavy (non-hydrogen) atoms. The number of piperidine rings is 1. The van der Waals surface area contributed by atoms with Gasteiger partial charge in [-0.15, -0.1) is 0 Å². The Hall–Kier alpha value is -2.01. The largest absolute Gasteiger partial charge is 0.350 e. The molecular weight excluding hydrogens is 338 g/mol. The number of nitrogens with one attached hydrogen (secondary N) is 2. The minimum absolute atomic E-state index is 0.00278. The number of benzene rings is 1. The molecule has 2 N–H and O–H groups in total. The lowest BCUT2D eigenvalue weighted by Gasteiger charge is -2.33. The van der Waals surface area contributed by atoms with Crippen molar-refractivity contribution in [2.24, 2.45) is 5.41 Å². The number of aromatic nitrogens is 1. The predicted molar refractivity (Wildman–Crippen MR) is 97.7 cm³/mol. The highest BCUT2D eigenvalue weighted by Gasteiger charge is 2.45. The maximum absolute atomic E-state index is 12.6. The highest BCUT2D eigenvalue weighted by atomic mass is 35.5. The maximum Gasteiger partial charge on any atom is 0.268 e. The third-order valence-electron chi connectivity index (χ3n) is 5.64. The number of likely N-dealkylation sites (tertiary alicyclic amines) is 1.